The molecule has 8 heteroatoms. The van der Waals surface area contributed by atoms with Crippen LogP contribution in [-0.2, 0) is 19.5 Å². The van der Waals surface area contributed by atoms with Crippen LogP contribution in [0.1, 0.15) is 39.9 Å². The Morgan fingerprint density at radius 2 is 1.81 bits per heavy atom. The molecule has 27 heavy (non-hydrogen) atoms. The molecule has 0 spiro atoms. The fraction of sp³-hybridized carbons (Fsp3) is 0.579. The largest absolute Gasteiger partial charge is 0.362 e. The van der Waals surface area contributed by atoms with Gasteiger partial charge in [0.1, 0.15) is 5.82 Å². The number of amides is 1. The van der Waals surface area contributed by atoms with Gasteiger partial charge in [-0.2, -0.15) is 10.1 Å². The van der Waals surface area contributed by atoms with E-state index >= 15 is 0 Å². The quantitative estimate of drug-likeness (QED) is 0.814. The number of nitrogens with zero attached hydrogens (tertiary/aromatic N) is 7. The Hall–Kier alpha value is -2.64. The van der Waals surface area contributed by atoms with Crippen LogP contribution in [0.3, 0.4) is 0 Å². The first kappa shape index (κ1) is 19.1. The lowest BCUT2D eigenvalue weighted by Gasteiger charge is -2.31. The second-order valence-corrected chi connectivity index (χ2v) is 7.40. The maximum Gasteiger partial charge on any atom is 0.257 e. The summed E-state index contributed by atoms with van der Waals surface area (Å²) >= 11 is 0. The van der Waals surface area contributed by atoms with Crippen molar-refractivity contribution in [2.75, 3.05) is 44.5 Å². The molecule has 3 heterocycles. The molecular weight excluding hydrogens is 342 g/mol. The molecule has 0 N–H and O–H groups in total. The van der Waals surface area contributed by atoms with E-state index in [2.05, 4.69) is 10.1 Å². The van der Waals surface area contributed by atoms with Crippen molar-refractivity contribution >= 4 is 17.7 Å². The van der Waals surface area contributed by atoms with Gasteiger partial charge in [-0.1, -0.05) is 0 Å². The number of carbonyl (C=O) groups is 1. The highest BCUT2D eigenvalue weighted by molar-refractivity contribution is 5.96. The fourth-order valence-electron chi connectivity index (χ4n) is 3.61. The minimum Gasteiger partial charge on any atom is -0.362 e. The maximum absolute atomic E-state index is 13.2. The Morgan fingerprint density at radius 3 is 2.37 bits per heavy atom. The Labute approximate surface area is 160 Å². The van der Waals surface area contributed by atoms with E-state index in [1.165, 1.54) is 0 Å². The van der Waals surface area contributed by atoms with Gasteiger partial charge in [-0.05, 0) is 27.2 Å². The van der Waals surface area contributed by atoms with Crippen molar-refractivity contribution in [3.8, 4) is 0 Å². The SMILES string of the molecule is CCn1nc(C)c(C(=O)N2CCc3c(nc(N(C)C)nc3N(C)C)C2)c1C. The summed E-state index contributed by atoms with van der Waals surface area (Å²) in [5.74, 6) is 1.63. The molecule has 0 aromatic carbocycles. The number of anilines is 2. The van der Waals surface area contributed by atoms with Crippen molar-refractivity contribution < 1.29 is 4.79 Å². The van der Waals surface area contributed by atoms with E-state index in [1.54, 1.807) is 0 Å². The molecule has 2 aromatic rings. The van der Waals surface area contributed by atoms with Crippen LogP contribution in [-0.4, -0.2) is 65.3 Å². The lowest BCUT2D eigenvalue weighted by atomic mass is 10.0. The van der Waals surface area contributed by atoms with Gasteiger partial charge in [0.15, 0.2) is 0 Å². The van der Waals surface area contributed by atoms with Crippen LogP contribution in [0.15, 0.2) is 0 Å². The van der Waals surface area contributed by atoms with E-state index in [1.807, 2.05) is 68.3 Å². The zero-order chi connectivity index (χ0) is 19.9. The molecule has 0 saturated heterocycles. The highest BCUT2D eigenvalue weighted by Crippen LogP contribution is 2.28. The van der Waals surface area contributed by atoms with Crippen LogP contribution in [0.25, 0.3) is 0 Å². The van der Waals surface area contributed by atoms with E-state index in [-0.39, 0.29) is 5.91 Å². The van der Waals surface area contributed by atoms with Gasteiger partial charge in [0.05, 0.1) is 23.5 Å². The standard InChI is InChI=1S/C19H29N7O/c1-8-26-13(3)16(12(2)22-26)18(27)25-10-9-14-15(11-25)20-19(24(6)7)21-17(14)23(4)5/h8-11H2,1-7H3. The van der Waals surface area contributed by atoms with Gasteiger partial charge in [-0.3, -0.25) is 9.48 Å². The molecule has 8 nitrogen and oxygen atoms in total. The Kier molecular flexibility index (Phi) is 5.08. The molecule has 1 aliphatic heterocycles. The van der Waals surface area contributed by atoms with Crippen LogP contribution < -0.4 is 9.80 Å². The minimum absolute atomic E-state index is 0.0340. The number of fused-ring (bicyclic) bond motifs is 1. The predicted octanol–water partition coefficient (Wildman–Crippen LogP) is 1.64. The molecular formula is C19H29N7O. The first-order valence-electron chi connectivity index (χ1n) is 9.32. The third-order valence-corrected chi connectivity index (χ3v) is 5.04. The van der Waals surface area contributed by atoms with Crippen LogP contribution in [0.4, 0.5) is 11.8 Å². The number of hydrogen-bond acceptors (Lipinski definition) is 6. The summed E-state index contributed by atoms with van der Waals surface area (Å²) in [7, 11) is 7.84. The molecule has 2 aromatic heterocycles. The smallest absolute Gasteiger partial charge is 0.257 e. The second-order valence-electron chi connectivity index (χ2n) is 7.40. The van der Waals surface area contributed by atoms with E-state index < -0.39 is 0 Å². The number of aryl methyl sites for hydroxylation is 2. The van der Waals surface area contributed by atoms with Crippen molar-refractivity contribution in [2.24, 2.45) is 0 Å². The average molecular weight is 371 g/mol. The maximum atomic E-state index is 13.2. The molecule has 0 fully saturated rings. The van der Waals surface area contributed by atoms with Crippen molar-refractivity contribution in [1.82, 2.24) is 24.6 Å². The van der Waals surface area contributed by atoms with Crippen molar-refractivity contribution in [3.63, 3.8) is 0 Å². The van der Waals surface area contributed by atoms with Gasteiger partial charge < -0.3 is 14.7 Å². The highest BCUT2D eigenvalue weighted by Gasteiger charge is 2.29. The molecule has 1 amide bonds. The molecule has 0 aliphatic carbocycles. The molecule has 0 bridgehead atoms. The van der Waals surface area contributed by atoms with Crippen molar-refractivity contribution in [2.45, 2.75) is 40.3 Å². The van der Waals surface area contributed by atoms with Gasteiger partial charge in [-0.25, -0.2) is 4.98 Å². The van der Waals surface area contributed by atoms with Crippen molar-refractivity contribution in [3.05, 3.63) is 28.2 Å². The summed E-state index contributed by atoms with van der Waals surface area (Å²) < 4.78 is 1.89. The summed E-state index contributed by atoms with van der Waals surface area (Å²) in [5, 5.41) is 4.49. The normalized spacial score (nSPS) is 13.5. The summed E-state index contributed by atoms with van der Waals surface area (Å²) in [6, 6.07) is 0. The molecule has 0 radical (unpaired) electrons. The lowest BCUT2D eigenvalue weighted by molar-refractivity contribution is 0.0730. The number of hydrogen-bond donors (Lipinski definition) is 0. The third kappa shape index (κ3) is 3.36. The monoisotopic (exact) mass is 371 g/mol. The third-order valence-electron chi connectivity index (χ3n) is 5.04. The number of rotatable bonds is 4. The van der Waals surface area contributed by atoms with E-state index in [4.69, 9.17) is 4.98 Å². The highest BCUT2D eigenvalue weighted by atomic mass is 16.2. The lowest BCUT2D eigenvalue weighted by Crippen LogP contribution is -2.38. The van der Waals surface area contributed by atoms with Gasteiger partial charge in [0, 0.05) is 52.5 Å². The topological polar surface area (TPSA) is 70.4 Å². The zero-order valence-corrected chi connectivity index (χ0v) is 17.4. The van der Waals surface area contributed by atoms with E-state index in [0.29, 0.717) is 19.0 Å². The number of aromatic nitrogens is 4. The van der Waals surface area contributed by atoms with E-state index in [0.717, 1.165) is 47.0 Å². The zero-order valence-electron chi connectivity index (χ0n) is 17.4. The molecule has 0 unspecified atom stereocenters. The van der Waals surface area contributed by atoms with Crippen LogP contribution in [0.5, 0.6) is 0 Å². The van der Waals surface area contributed by atoms with Gasteiger partial charge >= 0.3 is 0 Å². The summed E-state index contributed by atoms with van der Waals surface area (Å²) in [6.45, 7) is 7.82. The molecule has 0 saturated carbocycles. The second kappa shape index (κ2) is 7.17. The van der Waals surface area contributed by atoms with Gasteiger partial charge in [0.25, 0.3) is 5.91 Å². The predicted molar refractivity (Wildman–Crippen MR) is 107 cm³/mol. The Bertz CT molecular complexity index is 869. The summed E-state index contributed by atoms with van der Waals surface area (Å²) in [4.78, 5) is 28.4. The average Bonchev–Trinajstić information content (AvgIpc) is 2.92. The van der Waals surface area contributed by atoms with Gasteiger partial charge in [0.2, 0.25) is 5.95 Å². The first-order valence-corrected chi connectivity index (χ1v) is 9.32. The Balaban J connectivity index is 1.96. The van der Waals surface area contributed by atoms with Crippen LogP contribution in [0, 0.1) is 13.8 Å². The summed E-state index contributed by atoms with van der Waals surface area (Å²) in [5.41, 5.74) is 4.49. The minimum atomic E-state index is 0.0340. The van der Waals surface area contributed by atoms with E-state index in [9.17, 15) is 4.79 Å². The summed E-state index contributed by atoms with van der Waals surface area (Å²) in [6.07, 6.45) is 0.752. The van der Waals surface area contributed by atoms with Crippen LogP contribution in [0.2, 0.25) is 0 Å². The Morgan fingerprint density at radius 1 is 1.11 bits per heavy atom. The van der Waals surface area contributed by atoms with Gasteiger partial charge in [-0.15, -0.1) is 0 Å². The first-order chi connectivity index (χ1) is 12.7. The molecule has 3 rings (SSSR count). The van der Waals surface area contributed by atoms with Crippen LogP contribution >= 0.6 is 0 Å². The van der Waals surface area contributed by atoms with Crippen molar-refractivity contribution in [1.29, 1.82) is 0 Å². The molecule has 146 valence electrons. The fourth-order valence-corrected chi connectivity index (χ4v) is 3.61. The number of carbonyl (C=O) groups excluding carboxylic acids is 1. The molecule has 1 aliphatic rings. The molecule has 0 atom stereocenters.